The Morgan fingerprint density at radius 1 is 1.23 bits per heavy atom. The first-order valence-electron chi connectivity index (χ1n) is 8.53. The standard InChI is InChI=1S/C21H20N4O/c1-3-20-19(14-24-25(20)18-9-7-15(2)8-10-18)21(26)23-13-17-6-4-5-16(11-17)12-22/h4-11,14H,3,13H2,1-2H3,(H,23,26). The van der Waals surface area contributed by atoms with Crippen molar-refractivity contribution in [3.8, 4) is 11.8 Å². The number of aryl methyl sites for hydroxylation is 1. The molecule has 0 spiro atoms. The Labute approximate surface area is 152 Å². The average Bonchev–Trinajstić information content (AvgIpc) is 3.11. The number of nitrogens with one attached hydrogen (secondary N) is 1. The number of benzene rings is 2. The van der Waals surface area contributed by atoms with Crippen LogP contribution in [0.1, 0.15) is 39.7 Å². The summed E-state index contributed by atoms with van der Waals surface area (Å²) in [7, 11) is 0. The summed E-state index contributed by atoms with van der Waals surface area (Å²) in [6.45, 7) is 4.41. The molecule has 3 aromatic rings. The van der Waals surface area contributed by atoms with Crippen molar-refractivity contribution in [2.45, 2.75) is 26.8 Å². The van der Waals surface area contributed by atoms with Gasteiger partial charge in [-0.3, -0.25) is 4.79 Å². The van der Waals surface area contributed by atoms with E-state index in [0.29, 0.717) is 24.1 Å². The summed E-state index contributed by atoms with van der Waals surface area (Å²) < 4.78 is 1.81. The second-order valence-corrected chi connectivity index (χ2v) is 6.10. The third-order valence-corrected chi connectivity index (χ3v) is 4.24. The molecule has 26 heavy (non-hydrogen) atoms. The maximum Gasteiger partial charge on any atom is 0.255 e. The fraction of sp³-hybridized carbons (Fsp3) is 0.190. The van der Waals surface area contributed by atoms with Crippen molar-refractivity contribution in [3.05, 3.63) is 82.7 Å². The Bertz CT molecular complexity index is 964. The SMILES string of the molecule is CCc1c(C(=O)NCc2cccc(C#N)c2)cnn1-c1ccc(C)cc1. The van der Waals surface area contributed by atoms with Crippen LogP contribution in [0, 0.1) is 18.3 Å². The number of nitrogens with zero attached hydrogens (tertiary/aromatic N) is 3. The van der Waals surface area contributed by atoms with E-state index in [2.05, 4.69) is 16.5 Å². The van der Waals surface area contributed by atoms with Gasteiger partial charge in [-0.1, -0.05) is 36.8 Å². The van der Waals surface area contributed by atoms with Crippen molar-refractivity contribution in [1.29, 1.82) is 5.26 Å². The minimum Gasteiger partial charge on any atom is -0.348 e. The van der Waals surface area contributed by atoms with E-state index in [-0.39, 0.29) is 5.91 Å². The van der Waals surface area contributed by atoms with E-state index in [1.165, 1.54) is 5.56 Å². The van der Waals surface area contributed by atoms with E-state index in [0.717, 1.165) is 16.9 Å². The number of hydrogen-bond acceptors (Lipinski definition) is 3. The lowest BCUT2D eigenvalue weighted by Gasteiger charge is -2.09. The first-order chi connectivity index (χ1) is 12.6. The number of amides is 1. The third kappa shape index (κ3) is 3.65. The van der Waals surface area contributed by atoms with Crippen LogP contribution in [0.2, 0.25) is 0 Å². The molecule has 0 aliphatic rings. The summed E-state index contributed by atoms with van der Waals surface area (Å²) in [5.41, 5.74) is 5.03. The zero-order chi connectivity index (χ0) is 18.5. The summed E-state index contributed by atoms with van der Waals surface area (Å²) >= 11 is 0. The van der Waals surface area contributed by atoms with E-state index in [9.17, 15) is 4.79 Å². The van der Waals surface area contributed by atoms with E-state index >= 15 is 0 Å². The highest BCUT2D eigenvalue weighted by Crippen LogP contribution is 2.17. The monoisotopic (exact) mass is 344 g/mol. The fourth-order valence-corrected chi connectivity index (χ4v) is 2.84. The average molecular weight is 344 g/mol. The molecule has 0 fully saturated rings. The number of nitriles is 1. The zero-order valence-corrected chi connectivity index (χ0v) is 14.9. The van der Waals surface area contributed by atoms with Crippen LogP contribution in [-0.4, -0.2) is 15.7 Å². The molecule has 5 nitrogen and oxygen atoms in total. The molecule has 0 radical (unpaired) electrons. The highest BCUT2D eigenvalue weighted by Gasteiger charge is 2.17. The predicted octanol–water partition coefficient (Wildman–Crippen LogP) is 3.54. The topological polar surface area (TPSA) is 70.7 Å². The molecule has 1 N–H and O–H groups in total. The maximum atomic E-state index is 12.6. The maximum absolute atomic E-state index is 12.6. The minimum atomic E-state index is -0.164. The van der Waals surface area contributed by atoms with Gasteiger partial charge in [-0.15, -0.1) is 0 Å². The van der Waals surface area contributed by atoms with Gasteiger partial charge in [-0.25, -0.2) is 4.68 Å². The second-order valence-electron chi connectivity index (χ2n) is 6.10. The normalized spacial score (nSPS) is 10.3. The predicted molar refractivity (Wildman–Crippen MR) is 100 cm³/mol. The van der Waals surface area contributed by atoms with Gasteiger partial charge in [0.1, 0.15) is 0 Å². The lowest BCUT2D eigenvalue weighted by Crippen LogP contribution is -2.23. The molecule has 0 aliphatic carbocycles. The highest BCUT2D eigenvalue weighted by molar-refractivity contribution is 5.95. The van der Waals surface area contributed by atoms with E-state index < -0.39 is 0 Å². The molecule has 2 aromatic carbocycles. The number of carbonyl (C=O) groups is 1. The molecular weight excluding hydrogens is 324 g/mol. The van der Waals surface area contributed by atoms with Gasteiger partial charge in [-0.2, -0.15) is 10.4 Å². The van der Waals surface area contributed by atoms with Crippen molar-refractivity contribution < 1.29 is 4.79 Å². The van der Waals surface area contributed by atoms with E-state index in [1.807, 2.05) is 54.9 Å². The Morgan fingerprint density at radius 3 is 2.69 bits per heavy atom. The van der Waals surface area contributed by atoms with Gasteiger partial charge < -0.3 is 5.32 Å². The lowest BCUT2D eigenvalue weighted by molar-refractivity contribution is 0.0950. The van der Waals surface area contributed by atoms with Gasteiger partial charge in [0.2, 0.25) is 0 Å². The largest absolute Gasteiger partial charge is 0.348 e. The smallest absolute Gasteiger partial charge is 0.255 e. The van der Waals surface area contributed by atoms with Crippen molar-refractivity contribution in [2.75, 3.05) is 0 Å². The van der Waals surface area contributed by atoms with Crippen LogP contribution in [0.3, 0.4) is 0 Å². The summed E-state index contributed by atoms with van der Waals surface area (Å²) in [5, 5.41) is 16.3. The molecule has 0 bridgehead atoms. The van der Waals surface area contributed by atoms with E-state index in [1.54, 1.807) is 18.3 Å². The zero-order valence-electron chi connectivity index (χ0n) is 14.9. The number of rotatable bonds is 5. The lowest BCUT2D eigenvalue weighted by atomic mass is 10.1. The van der Waals surface area contributed by atoms with Gasteiger partial charge in [0.15, 0.2) is 0 Å². The van der Waals surface area contributed by atoms with Crippen LogP contribution in [0.15, 0.2) is 54.7 Å². The van der Waals surface area contributed by atoms with Gasteiger partial charge in [0, 0.05) is 6.54 Å². The second kappa shape index (κ2) is 7.66. The molecule has 130 valence electrons. The molecule has 0 saturated heterocycles. The molecule has 0 atom stereocenters. The number of hydrogen-bond donors (Lipinski definition) is 1. The third-order valence-electron chi connectivity index (χ3n) is 4.24. The van der Waals surface area contributed by atoms with Crippen molar-refractivity contribution >= 4 is 5.91 Å². The first-order valence-corrected chi connectivity index (χ1v) is 8.53. The molecule has 0 saturated carbocycles. The van der Waals surface area contributed by atoms with Crippen molar-refractivity contribution in [1.82, 2.24) is 15.1 Å². The molecule has 1 aromatic heterocycles. The van der Waals surface area contributed by atoms with Crippen LogP contribution in [-0.2, 0) is 13.0 Å². The minimum absolute atomic E-state index is 0.164. The molecule has 0 aliphatic heterocycles. The Kier molecular flexibility index (Phi) is 5.14. The highest BCUT2D eigenvalue weighted by atomic mass is 16.1. The van der Waals surface area contributed by atoms with Crippen molar-refractivity contribution in [3.63, 3.8) is 0 Å². The summed E-state index contributed by atoms with van der Waals surface area (Å²) in [5.74, 6) is -0.164. The first kappa shape index (κ1) is 17.4. The van der Waals surface area contributed by atoms with Gasteiger partial charge in [0.05, 0.1) is 34.8 Å². The molecule has 5 heteroatoms. The Balaban J connectivity index is 1.79. The summed E-state index contributed by atoms with van der Waals surface area (Å²) in [4.78, 5) is 12.6. The van der Waals surface area contributed by atoms with Crippen LogP contribution < -0.4 is 5.32 Å². The van der Waals surface area contributed by atoms with Gasteiger partial charge >= 0.3 is 0 Å². The Hall–Kier alpha value is -3.39. The van der Waals surface area contributed by atoms with Crippen LogP contribution in [0.4, 0.5) is 0 Å². The molecule has 1 amide bonds. The number of aromatic nitrogens is 2. The molecule has 3 rings (SSSR count). The summed E-state index contributed by atoms with van der Waals surface area (Å²) in [6, 6.07) is 17.4. The van der Waals surface area contributed by atoms with Crippen LogP contribution >= 0.6 is 0 Å². The number of carbonyl (C=O) groups excluding carboxylic acids is 1. The van der Waals surface area contributed by atoms with Gasteiger partial charge in [0.25, 0.3) is 5.91 Å². The summed E-state index contributed by atoms with van der Waals surface area (Å²) in [6.07, 6.45) is 2.31. The van der Waals surface area contributed by atoms with Gasteiger partial charge in [-0.05, 0) is 43.2 Å². The van der Waals surface area contributed by atoms with E-state index in [4.69, 9.17) is 5.26 Å². The Morgan fingerprint density at radius 2 is 2.00 bits per heavy atom. The van der Waals surface area contributed by atoms with Crippen LogP contribution in [0.25, 0.3) is 5.69 Å². The molecule has 1 heterocycles. The quantitative estimate of drug-likeness (QED) is 0.769. The van der Waals surface area contributed by atoms with Crippen LogP contribution in [0.5, 0.6) is 0 Å². The van der Waals surface area contributed by atoms with Crippen molar-refractivity contribution in [2.24, 2.45) is 0 Å². The fourth-order valence-electron chi connectivity index (χ4n) is 2.84. The molecule has 0 unspecified atom stereocenters. The molecular formula is C21H20N4O.